The van der Waals surface area contributed by atoms with Crippen LogP contribution in [0.25, 0.3) is 0 Å². The van der Waals surface area contributed by atoms with E-state index in [2.05, 4.69) is 21.3 Å². The second kappa shape index (κ2) is 16.8. The summed E-state index contributed by atoms with van der Waals surface area (Å²) in [4.78, 5) is 22.4. The van der Waals surface area contributed by atoms with Gasteiger partial charge >= 0.3 is 0 Å². The zero-order valence-electron chi connectivity index (χ0n) is 12.6. The van der Waals surface area contributed by atoms with Gasteiger partial charge in [0.1, 0.15) is 0 Å². The van der Waals surface area contributed by atoms with Crippen molar-refractivity contribution in [2.45, 2.75) is 0 Å². The van der Waals surface area contributed by atoms with Gasteiger partial charge in [-0.25, -0.2) is 0 Å². The Hall–Kier alpha value is -0.520. The number of rotatable bonds is 15. The summed E-state index contributed by atoms with van der Waals surface area (Å²) in [6.45, 7) is 2.48. The number of aliphatic hydroxyl groups is 2. The lowest BCUT2D eigenvalue weighted by Crippen LogP contribution is -2.36. The molecule has 0 saturated carbocycles. The van der Waals surface area contributed by atoms with Crippen LogP contribution in [-0.4, -0.2) is 86.0 Å². The van der Waals surface area contributed by atoms with Crippen molar-refractivity contribution in [1.82, 2.24) is 21.3 Å². The highest BCUT2D eigenvalue weighted by Crippen LogP contribution is 2.19. The largest absolute Gasteiger partial charge is 0.395 e. The smallest absolute Gasteiger partial charge is 0.234 e. The van der Waals surface area contributed by atoms with E-state index in [-0.39, 0.29) is 51.2 Å². The molecule has 0 spiro atoms. The van der Waals surface area contributed by atoms with Gasteiger partial charge in [0.15, 0.2) is 0 Å². The van der Waals surface area contributed by atoms with Gasteiger partial charge in [-0.3, -0.25) is 9.59 Å². The van der Waals surface area contributed by atoms with E-state index in [9.17, 15) is 9.59 Å². The van der Waals surface area contributed by atoms with Crippen molar-refractivity contribution in [3.05, 3.63) is 0 Å². The molecule has 10 heteroatoms. The normalized spacial score (nSPS) is 10.5. The lowest BCUT2D eigenvalue weighted by molar-refractivity contribution is -0.121. The monoisotopic (exact) mass is 354 g/mol. The Bertz CT molecular complexity index is 270. The Morgan fingerprint density at radius 2 is 1.14 bits per heavy atom. The van der Waals surface area contributed by atoms with Crippen molar-refractivity contribution in [2.75, 3.05) is 64.0 Å². The first-order valence-electron chi connectivity index (χ1n) is 7.11. The van der Waals surface area contributed by atoms with Crippen molar-refractivity contribution < 1.29 is 19.8 Å². The fourth-order valence-corrected chi connectivity index (χ4v) is 3.16. The molecule has 0 bridgehead atoms. The fraction of sp³-hybridized carbons (Fsp3) is 0.833. The van der Waals surface area contributed by atoms with Crippen molar-refractivity contribution in [1.29, 1.82) is 0 Å². The number of hydrogen-bond acceptors (Lipinski definition) is 8. The van der Waals surface area contributed by atoms with E-state index in [1.807, 2.05) is 0 Å². The van der Waals surface area contributed by atoms with E-state index < -0.39 is 0 Å². The van der Waals surface area contributed by atoms with Crippen LogP contribution in [-0.2, 0) is 9.59 Å². The number of nitrogens with one attached hydrogen (secondary N) is 4. The number of carbonyl (C=O) groups is 2. The third-order valence-corrected chi connectivity index (χ3v) is 4.65. The van der Waals surface area contributed by atoms with Crippen LogP contribution in [0.3, 0.4) is 0 Å². The number of carbonyl (C=O) groups excluding carboxylic acids is 2. The zero-order valence-corrected chi connectivity index (χ0v) is 14.2. The minimum absolute atomic E-state index is 0.0463. The molecular formula is C12H26N4O4S2. The van der Waals surface area contributed by atoms with Gasteiger partial charge in [0, 0.05) is 37.7 Å². The van der Waals surface area contributed by atoms with Gasteiger partial charge in [-0.2, -0.15) is 0 Å². The van der Waals surface area contributed by atoms with E-state index in [4.69, 9.17) is 10.2 Å². The minimum atomic E-state index is -0.115. The first-order chi connectivity index (χ1) is 10.7. The van der Waals surface area contributed by atoms with Gasteiger partial charge in [-0.1, -0.05) is 21.6 Å². The molecular weight excluding hydrogens is 328 g/mol. The molecule has 0 aliphatic carbocycles. The maximum absolute atomic E-state index is 11.2. The third-order valence-electron chi connectivity index (χ3n) is 2.25. The SMILES string of the molecule is O=C(CNCCSSCCNCC(=O)NCCO)NCCO. The Morgan fingerprint density at radius 1 is 0.727 bits per heavy atom. The highest BCUT2D eigenvalue weighted by molar-refractivity contribution is 8.76. The second-order valence-electron chi connectivity index (χ2n) is 4.14. The Balaban J connectivity index is 3.17. The van der Waals surface area contributed by atoms with E-state index >= 15 is 0 Å². The average molecular weight is 354 g/mol. The summed E-state index contributed by atoms with van der Waals surface area (Å²) >= 11 is 0. The van der Waals surface area contributed by atoms with Crippen LogP contribution < -0.4 is 21.3 Å². The van der Waals surface area contributed by atoms with Crippen LogP contribution in [0.15, 0.2) is 0 Å². The molecule has 22 heavy (non-hydrogen) atoms. The lowest BCUT2D eigenvalue weighted by atomic mass is 10.5. The Labute approximate surface area is 139 Å². The summed E-state index contributed by atoms with van der Waals surface area (Å²) in [6, 6.07) is 0. The summed E-state index contributed by atoms with van der Waals surface area (Å²) in [7, 11) is 3.41. The minimum Gasteiger partial charge on any atom is -0.395 e. The first-order valence-corrected chi connectivity index (χ1v) is 9.60. The maximum atomic E-state index is 11.2. The van der Waals surface area contributed by atoms with Crippen molar-refractivity contribution in [3.8, 4) is 0 Å². The van der Waals surface area contributed by atoms with Crippen LogP contribution in [0, 0.1) is 0 Å². The topological polar surface area (TPSA) is 123 Å². The molecule has 0 heterocycles. The van der Waals surface area contributed by atoms with Crippen molar-refractivity contribution >= 4 is 33.4 Å². The zero-order chi connectivity index (χ0) is 16.5. The van der Waals surface area contributed by atoms with Crippen LogP contribution in [0.5, 0.6) is 0 Å². The van der Waals surface area contributed by atoms with Crippen LogP contribution in [0.1, 0.15) is 0 Å². The quantitative estimate of drug-likeness (QED) is 0.144. The van der Waals surface area contributed by atoms with Gasteiger partial charge in [0.05, 0.1) is 26.3 Å². The van der Waals surface area contributed by atoms with Crippen LogP contribution in [0.2, 0.25) is 0 Å². The third kappa shape index (κ3) is 15.9. The molecule has 8 nitrogen and oxygen atoms in total. The van der Waals surface area contributed by atoms with E-state index in [0.717, 1.165) is 24.6 Å². The molecule has 0 atom stereocenters. The van der Waals surface area contributed by atoms with Gasteiger partial charge < -0.3 is 31.5 Å². The predicted octanol–water partition coefficient (Wildman–Crippen LogP) is -2.24. The molecule has 6 N–H and O–H groups in total. The Kier molecular flexibility index (Phi) is 16.4. The first kappa shape index (κ1) is 21.5. The molecule has 0 unspecified atom stereocenters. The molecule has 130 valence electrons. The van der Waals surface area contributed by atoms with Gasteiger partial charge in [0.25, 0.3) is 0 Å². The molecule has 0 aromatic heterocycles. The molecule has 0 aliphatic rings. The van der Waals surface area contributed by atoms with E-state index in [1.54, 1.807) is 21.6 Å². The molecule has 0 fully saturated rings. The Morgan fingerprint density at radius 3 is 1.50 bits per heavy atom. The van der Waals surface area contributed by atoms with Crippen LogP contribution >= 0.6 is 21.6 Å². The highest BCUT2D eigenvalue weighted by atomic mass is 33.1. The van der Waals surface area contributed by atoms with Crippen molar-refractivity contribution in [3.63, 3.8) is 0 Å². The predicted molar refractivity (Wildman–Crippen MR) is 90.8 cm³/mol. The molecule has 2 amide bonds. The van der Waals surface area contributed by atoms with E-state index in [1.165, 1.54) is 0 Å². The van der Waals surface area contributed by atoms with E-state index in [0.29, 0.717) is 0 Å². The number of amides is 2. The second-order valence-corrected chi connectivity index (χ2v) is 6.85. The standard InChI is InChI=1S/C12H26N4O4S2/c17-5-1-15-11(19)9-13-3-7-21-22-8-4-14-10-12(20)16-2-6-18/h13-14,17-18H,1-10H2,(H,15,19)(H,16,20). The van der Waals surface area contributed by atoms with Crippen LogP contribution in [0.4, 0.5) is 0 Å². The van der Waals surface area contributed by atoms with Gasteiger partial charge in [0.2, 0.25) is 11.8 Å². The molecule has 0 aliphatic heterocycles. The van der Waals surface area contributed by atoms with Crippen molar-refractivity contribution in [2.24, 2.45) is 0 Å². The molecule has 0 aromatic rings. The fourth-order valence-electron chi connectivity index (χ4n) is 1.27. The molecule has 0 aromatic carbocycles. The maximum Gasteiger partial charge on any atom is 0.234 e. The molecule has 0 saturated heterocycles. The number of hydrogen-bond donors (Lipinski definition) is 6. The van der Waals surface area contributed by atoms with Gasteiger partial charge in [-0.05, 0) is 0 Å². The summed E-state index contributed by atoms with van der Waals surface area (Å²) in [5.41, 5.74) is 0. The van der Waals surface area contributed by atoms with Gasteiger partial charge in [-0.15, -0.1) is 0 Å². The summed E-state index contributed by atoms with van der Waals surface area (Å²) in [5.74, 6) is 1.54. The average Bonchev–Trinajstić information content (AvgIpc) is 2.52. The lowest BCUT2D eigenvalue weighted by Gasteiger charge is -2.06. The highest BCUT2D eigenvalue weighted by Gasteiger charge is 2.00. The summed E-state index contributed by atoms with van der Waals surface area (Å²) in [6.07, 6.45) is 0. The molecule has 0 rings (SSSR count). The number of aliphatic hydroxyl groups excluding tert-OH is 2. The summed E-state index contributed by atoms with van der Waals surface area (Å²) in [5, 5.41) is 28.2. The molecule has 0 radical (unpaired) electrons. The summed E-state index contributed by atoms with van der Waals surface area (Å²) < 4.78 is 0.